The van der Waals surface area contributed by atoms with Crippen LogP contribution in [-0.2, 0) is 4.79 Å². The molecule has 0 aliphatic rings. The van der Waals surface area contributed by atoms with E-state index in [1.165, 1.54) is 83.5 Å². The number of alkyl halides is 1. The van der Waals surface area contributed by atoms with Crippen LogP contribution in [0.4, 0.5) is 0 Å². The Morgan fingerprint density at radius 1 is 0.720 bits per heavy atom. The van der Waals surface area contributed by atoms with Crippen molar-refractivity contribution in [3.05, 3.63) is 0 Å². The van der Waals surface area contributed by atoms with E-state index in [2.05, 4.69) is 35.1 Å². The van der Waals surface area contributed by atoms with Gasteiger partial charge in [0.2, 0.25) is 5.91 Å². The van der Waals surface area contributed by atoms with Crippen molar-refractivity contribution in [1.82, 2.24) is 5.32 Å². The molecule has 0 aromatic heterocycles. The van der Waals surface area contributed by atoms with Gasteiger partial charge in [-0.15, -0.1) is 0 Å². The molecule has 2 nitrogen and oxygen atoms in total. The maximum atomic E-state index is 12.5. The Hall–Kier alpha value is -0.0500. The summed E-state index contributed by atoms with van der Waals surface area (Å²) in [5.74, 6) is 0.580. The van der Waals surface area contributed by atoms with E-state index in [0.29, 0.717) is 5.91 Å². The van der Waals surface area contributed by atoms with Crippen LogP contribution in [0.1, 0.15) is 117 Å². The van der Waals surface area contributed by atoms with Crippen molar-refractivity contribution < 1.29 is 4.79 Å². The van der Waals surface area contributed by atoms with Gasteiger partial charge in [0, 0.05) is 17.8 Å². The zero-order valence-electron chi connectivity index (χ0n) is 17.1. The molecule has 0 aromatic rings. The topological polar surface area (TPSA) is 29.1 Å². The average Bonchev–Trinajstić information content (AvgIpc) is 2.62. The summed E-state index contributed by atoms with van der Waals surface area (Å²) in [6.07, 6.45) is 20.0. The number of rotatable bonds is 19. The van der Waals surface area contributed by atoms with E-state index < -0.39 is 0 Å². The molecule has 0 radical (unpaired) electrons. The van der Waals surface area contributed by atoms with E-state index >= 15 is 0 Å². The molecule has 25 heavy (non-hydrogen) atoms. The molecule has 3 heteroatoms. The normalized spacial score (nSPS) is 12.3. The van der Waals surface area contributed by atoms with Crippen molar-refractivity contribution in [2.45, 2.75) is 117 Å². The molecule has 0 saturated carbocycles. The van der Waals surface area contributed by atoms with E-state index in [-0.39, 0.29) is 5.92 Å². The lowest BCUT2D eigenvalue weighted by molar-refractivity contribution is -0.125. The summed E-state index contributed by atoms with van der Waals surface area (Å²) in [7, 11) is 0. The van der Waals surface area contributed by atoms with Crippen LogP contribution in [0.25, 0.3) is 0 Å². The number of carbonyl (C=O) groups excluding carboxylic acids is 1. The number of halogens is 1. The average molecular weight is 419 g/mol. The lowest BCUT2D eigenvalue weighted by Crippen LogP contribution is -2.31. The number of hydrogen-bond acceptors (Lipinski definition) is 1. The molecular formula is C22H44BrNO. The van der Waals surface area contributed by atoms with Gasteiger partial charge in [-0.05, 0) is 25.7 Å². The molecule has 1 atom stereocenters. The Balaban J connectivity index is 3.97. The van der Waals surface area contributed by atoms with Gasteiger partial charge in [-0.3, -0.25) is 4.79 Å². The summed E-state index contributed by atoms with van der Waals surface area (Å²) in [6, 6.07) is 0. The quantitative estimate of drug-likeness (QED) is 0.172. The first-order valence-electron chi connectivity index (χ1n) is 11.1. The largest absolute Gasteiger partial charge is 0.356 e. The molecule has 0 heterocycles. The van der Waals surface area contributed by atoms with E-state index in [4.69, 9.17) is 0 Å². The molecule has 0 spiro atoms. The third-order valence-corrected chi connectivity index (χ3v) is 5.60. The number of hydrogen-bond donors (Lipinski definition) is 1. The number of carbonyl (C=O) groups is 1. The summed E-state index contributed by atoms with van der Waals surface area (Å²) in [5, 5.41) is 4.31. The van der Waals surface area contributed by atoms with Crippen LogP contribution in [0.2, 0.25) is 0 Å². The van der Waals surface area contributed by atoms with E-state index in [0.717, 1.165) is 31.1 Å². The van der Waals surface area contributed by atoms with Gasteiger partial charge in [0.1, 0.15) is 0 Å². The second kappa shape index (κ2) is 20.3. The summed E-state index contributed by atoms with van der Waals surface area (Å²) in [6.45, 7) is 5.37. The molecule has 0 aliphatic heterocycles. The number of nitrogens with one attached hydrogen (secondary N) is 1. The van der Waals surface area contributed by atoms with Gasteiger partial charge in [0.15, 0.2) is 0 Å². The van der Waals surface area contributed by atoms with Gasteiger partial charge < -0.3 is 5.32 Å². The molecule has 0 aliphatic carbocycles. The minimum absolute atomic E-state index is 0.255. The molecule has 1 unspecified atom stereocenters. The first-order valence-corrected chi connectivity index (χ1v) is 12.2. The summed E-state index contributed by atoms with van der Waals surface area (Å²) >= 11 is 3.47. The van der Waals surface area contributed by atoms with E-state index in [9.17, 15) is 4.79 Å². The zero-order chi connectivity index (χ0) is 18.6. The van der Waals surface area contributed by atoms with Crippen molar-refractivity contribution in [3.63, 3.8) is 0 Å². The molecular weight excluding hydrogens is 374 g/mol. The van der Waals surface area contributed by atoms with Crippen LogP contribution in [0.5, 0.6) is 0 Å². The van der Waals surface area contributed by atoms with Gasteiger partial charge in [-0.1, -0.05) is 107 Å². The van der Waals surface area contributed by atoms with Gasteiger partial charge in [-0.2, -0.15) is 0 Å². The number of unbranched alkanes of at least 4 members (excludes halogenated alkanes) is 11. The Bertz CT molecular complexity index is 283. The van der Waals surface area contributed by atoms with Crippen molar-refractivity contribution in [3.8, 4) is 0 Å². The predicted molar refractivity (Wildman–Crippen MR) is 116 cm³/mol. The molecule has 1 amide bonds. The molecule has 0 bridgehead atoms. The molecule has 0 fully saturated rings. The zero-order valence-corrected chi connectivity index (χ0v) is 18.7. The highest BCUT2D eigenvalue weighted by Crippen LogP contribution is 2.19. The molecule has 0 saturated heterocycles. The van der Waals surface area contributed by atoms with Crippen LogP contribution >= 0.6 is 15.9 Å². The van der Waals surface area contributed by atoms with Crippen molar-refractivity contribution in [2.75, 3.05) is 11.9 Å². The summed E-state index contributed by atoms with van der Waals surface area (Å²) < 4.78 is 0. The minimum atomic E-state index is 0.255. The third kappa shape index (κ3) is 17.1. The lowest BCUT2D eigenvalue weighted by Gasteiger charge is -2.17. The molecule has 0 rings (SSSR count). The van der Waals surface area contributed by atoms with Gasteiger partial charge >= 0.3 is 0 Å². The smallest absolute Gasteiger partial charge is 0.223 e. The fourth-order valence-corrected chi connectivity index (χ4v) is 3.72. The van der Waals surface area contributed by atoms with Gasteiger partial charge in [0.05, 0.1) is 0 Å². The first kappa shape index (κ1) is 24.9. The highest BCUT2D eigenvalue weighted by molar-refractivity contribution is 9.09. The summed E-state index contributed by atoms with van der Waals surface area (Å²) in [5.41, 5.74) is 0. The van der Waals surface area contributed by atoms with Gasteiger partial charge in [0.25, 0.3) is 0 Å². The third-order valence-electron chi connectivity index (χ3n) is 5.04. The minimum Gasteiger partial charge on any atom is -0.356 e. The van der Waals surface area contributed by atoms with E-state index in [1.807, 2.05) is 0 Å². The monoisotopic (exact) mass is 417 g/mol. The Labute approximate surface area is 166 Å². The molecule has 0 aromatic carbocycles. The lowest BCUT2D eigenvalue weighted by atomic mass is 9.93. The highest BCUT2D eigenvalue weighted by Gasteiger charge is 2.17. The Morgan fingerprint density at radius 2 is 1.20 bits per heavy atom. The van der Waals surface area contributed by atoms with E-state index in [1.54, 1.807) is 0 Å². The fraction of sp³-hybridized carbons (Fsp3) is 0.955. The maximum absolute atomic E-state index is 12.5. The number of amides is 1. The van der Waals surface area contributed by atoms with Crippen LogP contribution < -0.4 is 5.32 Å². The SMILES string of the molecule is CCCCCCCCC(CCCCCC)C(=O)NCCCCCCBr. The van der Waals surface area contributed by atoms with Crippen LogP contribution in [0, 0.1) is 5.92 Å². The molecule has 1 N–H and O–H groups in total. The van der Waals surface area contributed by atoms with Gasteiger partial charge in [-0.25, -0.2) is 0 Å². The Morgan fingerprint density at radius 3 is 1.80 bits per heavy atom. The van der Waals surface area contributed by atoms with Crippen LogP contribution in [0.15, 0.2) is 0 Å². The summed E-state index contributed by atoms with van der Waals surface area (Å²) in [4.78, 5) is 12.5. The second-order valence-electron chi connectivity index (χ2n) is 7.50. The van der Waals surface area contributed by atoms with Crippen LogP contribution in [0.3, 0.4) is 0 Å². The van der Waals surface area contributed by atoms with Crippen molar-refractivity contribution in [2.24, 2.45) is 5.92 Å². The second-order valence-corrected chi connectivity index (χ2v) is 8.29. The van der Waals surface area contributed by atoms with Crippen LogP contribution in [-0.4, -0.2) is 17.8 Å². The van der Waals surface area contributed by atoms with Crippen molar-refractivity contribution >= 4 is 21.8 Å². The van der Waals surface area contributed by atoms with Crippen molar-refractivity contribution in [1.29, 1.82) is 0 Å². The maximum Gasteiger partial charge on any atom is 0.223 e. The fourth-order valence-electron chi connectivity index (χ4n) is 3.32. The Kier molecular flexibility index (Phi) is 20.2. The molecule has 150 valence electrons. The highest BCUT2D eigenvalue weighted by atomic mass is 79.9. The standard InChI is InChI=1S/C22H44BrNO/c1-3-5-7-9-10-14-18-21(17-13-8-6-4-2)22(25)24-20-16-12-11-15-19-23/h21H,3-20H2,1-2H3,(H,24,25). The predicted octanol–water partition coefficient (Wildman–Crippen LogP) is 7.40. The first-order chi connectivity index (χ1) is 12.3.